The van der Waals surface area contributed by atoms with E-state index in [1.165, 1.54) is 11.2 Å². The molecule has 0 saturated carbocycles. The van der Waals surface area contributed by atoms with Gasteiger partial charge >= 0.3 is 0 Å². The van der Waals surface area contributed by atoms with Gasteiger partial charge in [0.1, 0.15) is 18.0 Å². The first kappa shape index (κ1) is 11.9. The number of thiophene rings is 1. The van der Waals surface area contributed by atoms with Crippen LogP contribution in [0.3, 0.4) is 0 Å². The molecule has 4 nitrogen and oxygen atoms in total. The zero-order valence-electron chi connectivity index (χ0n) is 9.97. The zero-order valence-corrected chi connectivity index (χ0v) is 10.8. The van der Waals surface area contributed by atoms with Gasteiger partial charge in [-0.25, -0.2) is 9.97 Å². The molecule has 2 aromatic rings. The van der Waals surface area contributed by atoms with E-state index < -0.39 is 0 Å². The van der Waals surface area contributed by atoms with E-state index >= 15 is 0 Å². The van der Waals surface area contributed by atoms with Gasteiger partial charge in [-0.2, -0.15) is 0 Å². The van der Waals surface area contributed by atoms with E-state index in [-0.39, 0.29) is 6.04 Å². The molecule has 1 unspecified atom stereocenters. The summed E-state index contributed by atoms with van der Waals surface area (Å²) in [7, 11) is 0. The maximum atomic E-state index is 5.77. The molecule has 2 rings (SSSR count). The minimum Gasteiger partial charge on any atom is -0.383 e. The first-order valence-corrected chi connectivity index (χ1v) is 6.47. The average molecular weight is 248 g/mol. The predicted octanol–water partition coefficient (Wildman–Crippen LogP) is 2.99. The fourth-order valence-corrected chi connectivity index (χ4v) is 2.50. The van der Waals surface area contributed by atoms with Crippen LogP contribution >= 0.6 is 11.3 Å². The molecule has 90 valence electrons. The topological polar surface area (TPSA) is 63.8 Å². The molecular formula is C12H16N4S. The Hall–Kier alpha value is -1.62. The van der Waals surface area contributed by atoms with Crippen molar-refractivity contribution in [2.75, 3.05) is 11.1 Å². The molecule has 0 aromatic carbocycles. The Balaban J connectivity index is 2.22. The quantitative estimate of drug-likeness (QED) is 0.873. The molecule has 0 aliphatic heterocycles. The number of rotatable bonds is 4. The van der Waals surface area contributed by atoms with E-state index in [1.54, 1.807) is 11.3 Å². The smallest absolute Gasteiger partial charge is 0.134 e. The van der Waals surface area contributed by atoms with Gasteiger partial charge in [0.15, 0.2) is 0 Å². The number of nitrogens with one attached hydrogen (secondary N) is 1. The van der Waals surface area contributed by atoms with Crippen LogP contribution in [0.5, 0.6) is 0 Å². The lowest BCUT2D eigenvalue weighted by Crippen LogP contribution is -2.11. The number of hydrogen-bond donors (Lipinski definition) is 2. The second-order valence-electron chi connectivity index (χ2n) is 3.85. The van der Waals surface area contributed by atoms with Crippen molar-refractivity contribution < 1.29 is 0 Å². The molecule has 17 heavy (non-hydrogen) atoms. The fourth-order valence-electron chi connectivity index (χ4n) is 1.64. The van der Waals surface area contributed by atoms with Crippen LogP contribution < -0.4 is 11.1 Å². The van der Waals surface area contributed by atoms with E-state index in [2.05, 4.69) is 39.7 Å². The maximum Gasteiger partial charge on any atom is 0.134 e. The SMILES string of the molecule is CCC(Nc1ncnc(N)c1C)c1cccs1. The number of nitrogens with two attached hydrogens (primary N) is 1. The molecule has 1 atom stereocenters. The minimum atomic E-state index is 0.281. The lowest BCUT2D eigenvalue weighted by atomic mass is 10.2. The zero-order chi connectivity index (χ0) is 12.3. The Labute approximate surface area is 105 Å². The lowest BCUT2D eigenvalue weighted by Gasteiger charge is -2.17. The molecular weight excluding hydrogens is 232 g/mol. The van der Waals surface area contributed by atoms with Crippen molar-refractivity contribution in [1.82, 2.24) is 9.97 Å². The third kappa shape index (κ3) is 2.55. The van der Waals surface area contributed by atoms with Gasteiger partial charge in [0, 0.05) is 10.4 Å². The Bertz CT molecular complexity index is 481. The van der Waals surface area contributed by atoms with Crippen LogP contribution in [0.25, 0.3) is 0 Å². The number of hydrogen-bond acceptors (Lipinski definition) is 5. The van der Waals surface area contributed by atoms with Gasteiger partial charge in [0.05, 0.1) is 6.04 Å². The Kier molecular flexibility index (Phi) is 3.58. The summed E-state index contributed by atoms with van der Waals surface area (Å²) in [5.41, 5.74) is 6.67. The number of nitrogen functional groups attached to an aromatic ring is 1. The maximum absolute atomic E-state index is 5.77. The summed E-state index contributed by atoms with van der Waals surface area (Å²) in [6, 6.07) is 4.47. The highest BCUT2D eigenvalue weighted by molar-refractivity contribution is 7.10. The molecule has 0 bridgehead atoms. The minimum absolute atomic E-state index is 0.281. The van der Waals surface area contributed by atoms with Crippen molar-refractivity contribution in [2.45, 2.75) is 26.3 Å². The van der Waals surface area contributed by atoms with Gasteiger partial charge < -0.3 is 11.1 Å². The third-order valence-corrected chi connectivity index (χ3v) is 3.71. The van der Waals surface area contributed by atoms with E-state index in [0.29, 0.717) is 5.82 Å². The Morgan fingerprint density at radius 3 is 2.94 bits per heavy atom. The number of aromatic nitrogens is 2. The van der Waals surface area contributed by atoms with Crippen LogP contribution in [0.4, 0.5) is 11.6 Å². The summed E-state index contributed by atoms with van der Waals surface area (Å²) in [5.74, 6) is 1.35. The van der Waals surface area contributed by atoms with E-state index in [9.17, 15) is 0 Å². The summed E-state index contributed by atoms with van der Waals surface area (Å²) >= 11 is 1.75. The summed E-state index contributed by atoms with van der Waals surface area (Å²) < 4.78 is 0. The van der Waals surface area contributed by atoms with Gasteiger partial charge in [0.25, 0.3) is 0 Å². The van der Waals surface area contributed by atoms with Crippen LogP contribution in [-0.4, -0.2) is 9.97 Å². The summed E-state index contributed by atoms with van der Waals surface area (Å²) in [6.45, 7) is 4.08. The van der Waals surface area contributed by atoms with Crippen LogP contribution in [-0.2, 0) is 0 Å². The van der Waals surface area contributed by atoms with Crippen molar-refractivity contribution in [3.8, 4) is 0 Å². The molecule has 0 fully saturated rings. The van der Waals surface area contributed by atoms with Gasteiger partial charge in [-0.3, -0.25) is 0 Å². The van der Waals surface area contributed by atoms with E-state index in [4.69, 9.17) is 5.73 Å². The van der Waals surface area contributed by atoms with Gasteiger partial charge in [-0.1, -0.05) is 13.0 Å². The normalized spacial score (nSPS) is 12.4. The van der Waals surface area contributed by atoms with E-state index in [1.807, 2.05) is 6.92 Å². The van der Waals surface area contributed by atoms with Crippen molar-refractivity contribution in [2.24, 2.45) is 0 Å². The molecule has 5 heteroatoms. The molecule has 0 amide bonds. The van der Waals surface area contributed by atoms with Crippen LogP contribution in [0.2, 0.25) is 0 Å². The fraction of sp³-hybridized carbons (Fsp3) is 0.333. The highest BCUT2D eigenvalue weighted by atomic mass is 32.1. The van der Waals surface area contributed by atoms with Gasteiger partial charge in [0.2, 0.25) is 0 Å². The Morgan fingerprint density at radius 2 is 2.29 bits per heavy atom. The molecule has 0 aliphatic rings. The molecule has 0 aliphatic carbocycles. The van der Waals surface area contributed by atoms with Crippen molar-refractivity contribution in [3.05, 3.63) is 34.3 Å². The van der Waals surface area contributed by atoms with E-state index in [0.717, 1.165) is 17.8 Å². The molecule has 0 saturated heterocycles. The average Bonchev–Trinajstić information content (AvgIpc) is 2.85. The second kappa shape index (κ2) is 5.14. The van der Waals surface area contributed by atoms with Gasteiger partial charge in [-0.05, 0) is 24.8 Å². The monoisotopic (exact) mass is 248 g/mol. The predicted molar refractivity (Wildman–Crippen MR) is 72.2 cm³/mol. The third-order valence-electron chi connectivity index (χ3n) is 2.73. The van der Waals surface area contributed by atoms with Crippen molar-refractivity contribution in [3.63, 3.8) is 0 Å². The van der Waals surface area contributed by atoms with Crippen LogP contribution in [0.15, 0.2) is 23.8 Å². The molecule has 2 heterocycles. The molecule has 2 aromatic heterocycles. The Morgan fingerprint density at radius 1 is 1.47 bits per heavy atom. The van der Waals surface area contributed by atoms with Gasteiger partial charge in [-0.15, -0.1) is 11.3 Å². The highest BCUT2D eigenvalue weighted by Crippen LogP contribution is 2.27. The molecule has 0 radical (unpaired) electrons. The highest BCUT2D eigenvalue weighted by Gasteiger charge is 2.13. The van der Waals surface area contributed by atoms with Crippen molar-refractivity contribution >= 4 is 23.0 Å². The molecule has 0 spiro atoms. The standard InChI is InChI=1S/C12H16N4S/c1-3-9(10-5-4-6-17-10)16-12-8(2)11(13)14-7-15-12/h4-7,9H,3H2,1-2H3,(H3,13,14,15,16). The first-order chi connectivity index (χ1) is 8.22. The number of anilines is 2. The van der Waals surface area contributed by atoms with Crippen molar-refractivity contribution in [1.29, 1.82) is 0 Å². The second-order valence-corrected chi connectivity index (χ2v) is 4.83. The number of nitrogens with zero attached hydrogens (tertiary/aromatic N) is 2. The lowest BCUT2D eigenvalue weighted by molar-refractivity contribution is 0.756. The summed E-state index contributed by atoms with van der Waals surface area (Å²) in [4.78, 5) is 9.51. The van der Waals surface area contributed by atoms with Crippen LogP contribution in [0.1, 0.15) is 29.8 Å². The first-order valence-electron chi connectivity index (χ1n) is 5.59. The largest absolute Gasteiger partial charge is 0.383 e. The summed E-state index contributed by atoms with van der Waals surface area (Å²) in [6.07, 6.45) is 2.50. The molecule has 3 N–H and O–H groups in total. The summed E-state index contributed by atoms with van der Waals surface area (Å²) in [5, 5.41) is 5.50. The van der Waals surface area contributed by atoms with Crippen LogP contribution in [0, 0.1) is 6.92 Å².